The Morgan fingerprint density at radius 1 is 1.25 bits per heavy atom. The number of carbonyl (C=O) groups excluding carboxylic acids is 1. The maximum atomic E-state index is 13.0. The van der Waals surface area contributed by atoms with Gasteiger partial charge < -0.3 is 10.6 Å². The molecule has 152 valence electrons. The lowest BCUT2D eigenvalue weighted by Gasteiger charge is -2.25. The van der Waals surface area contributed by atoms with Crippen molar-refractivity contribution in [2.24, 2.45) is 5.92 Å². The van der Waals surface area contributed by atoms with E-state index in [0.717, 1.165) is 12.0 Å². The molecule has 1 heterocycles. The van der Waals surface area contributed by atoms with Gasteiger partial charge in [0, 0.05) is 18.1 Å². The minimum absolute atomic E-state index is 0.0167. The van der Waals surface area contributed by atoms with Crippen molar-refractivity contribution in [3.8, 4) is 0 Å². The van der Waals surface area contributed by atoms with Crippen molar-refractivity contribution in [2.75, 3.05) is 17.2 Å². The Bertz CT molecular complexity index is 932. The summed E-state index contributed by atoms with van der Waals surface area (Å²) in [5, 5.41) is 0.584. The molecule has 0 radical (unpaired) electrons. The summed E-state index contributed by atoms with van der Waals surface area (Å²) < 4.78 is 1.32. The number of amides is 1. The summed E-state index contributed by atoms with van der Waals surface area (Å²) in [6, 6.07) is 6.96. The van der Waals surface area contributed by atoms with Crippen LogP contribution in [0.25, 0.3) is 0 Å². The molecule has 28 heavy (non-hydrogen) atoms. The predicted molar refractivity (Wildman–Crippen MR) is 113 cm³/mol. The van der Waals surface area contributed by atoms with Crippen LogP contribution in [0, 0.1) is 5.92 Å². The van der Waals surface area contributed by atoms with Crippen molar-refractivity contribution in [3.63, 3.8) is 0 Å². The summed E-state index contributed by atoms with van der Waals surface area (Å²) in [6.07, 6.45) is 1.64. The van der Waals surface area contributed by atoms with Crippen LogP contribution in [0.2, 0.25) is 5.02 Å². The molecule has 0 aliphatic rings. The molecular weight excluding hydrogens is 380 g/mol. The van der Waals surface area contributed by atoms with E-state index in [-0.39, 0.29) is 29.8 Å². The number of hydrogen-bond acceptors (Lipinski definition) is 4. The van der Waals surface area contributed by atoms with E-state index in [9.17, 15) is 14.4 Å². The van der Waals surface area contributed by atoms with E-state index in [1.165, 1.54) is 9.47 Å². The minimum atomic E-state index is -0.650. The molecule has 2 aromatic rings. The molecule has 2 rings (SSSR count). The summed E-state index contributed by atoms with van der Waals surface area (Å²) in [4.78, 5) is 41.4. The molecule has 0 unspecified atom stereocenters. The molecule has 3 N–H and O–H groups in total. The quantitative estimate of drug-likeness (QED) is 0.703. The number of anilines is 2. The third-order valence-electron chi connectivity index (χ3n) is 4.34. The Hall–Kier alpha value is -2.54. The van der Waals surface area contributed by atoms with Gasteiger partial charge in [-0.15, -0.1) is 0 Å². The number of nitrogens with zero attached hydrogens (tertiary/aromatic N) is 2. The van der Waals surface area contributed by atoms with Gasteiger partial charge in [-0.2, -0.15) is 0 Å². The molecule has 1 aromatic heterocycles. The standard InChI is InChI=1S/C20H27ClN4O3/c1-4-5-10-24(16(26)11-14-6-8-15(21)9-7-14)17-18(22)25(12-13(2)3)20(28)23-19(17)27/h6-9,13H,4-5,10-12,22H2,1-3H3,(H,23,27,28). The Labute approximate surface area is 169 Å². The maximum Gasteiger partial charge on any atom is 0.330 e. The number of carbonyl (C=O) groups is 1. The first-order valence-corrected chi connectivity index (χ1v) is 9.79. The van der Waals surface area contributed by atoms with Crippen molar-refractivity contribution in [1.82, 2.24) is 9.55 Å². The SMILES string of the molecule is CCCCN(C(=O)Cc1ccc(Cl)cc1)c1c(N)n(CC(C)C)c(=O)[nH]c1=O. The van der Waals surface area contributed by atoms with Gasteiger partial charge >= 0.3 is 5.69 Å². The zero-order valence-electron chi connectivity index (χ0n) is 16.5. The lowest BCUT2D eigenvalue weighted by Crippen LogP contribution is -2.42. The van der Waals surface area contributed by atoms with Gasteiger partial charge in [-0.25, -0.2) is 4.79 Å². The lowest BCUT2D eigenvalue weighted by atomic mass is 10.1. The zero-order valence-corrected chi connectivity index (χ0v) is 17.3. The number of nitrogens with one attached hydrogen (secondary N) is 1. The lowest BCUT2D eigenvalue weighted by molar-refractivity contribution is -0.118. The highest BCUT2D eigenvalue weighted by molar-refractivity contribution is 6.30. The Balaban J connectivity index is 2.46. The summed E-state index contributed by atoms with van der Waals surface area (Å²) in [6.45, 7) is 6.57. The molecule has 0 bridgehead atoms. The topological polar surface area (TPSA) is 101 Å². The number of halogens is 1. The second-order valence-electron chi connectivity index (χ2n) is 7.20. The average Bonchev–Trinajstić information content (AvgIpc) is 2.63. The van der Waals surface area contributed by atoms with Crippen LogP contribution < -0.4 is 21.9 Å². The fraction of sp³-hybridized carbons (Fsp3) is 0.450. The monoisotopic (exact) mass is 406 g/mol. The molecule has 0 spiro atoms. The van der Waals surface area contributed by atoms with Crippen molar-refractivity contribution < 1.29 is 4.79 Å². The van der Waals surface area contributed by atoms with Gasteiger partial charge in [0.05, 0.1) is 6.42 Å². The smallest absolute Gasteiger partial charge is 0.330 e. The summed E-state index contributed by atoms with van der Waals surface area (Å²) in [5.74, 6) is -0.0988. The third kappa shape index (κ3) is 5.25. The molecular formula is C20H27ClN4O3. The van der Waals surface area contributed by atoms with Crippen LogP contribution >= 0.6 is 11.6 Å². The third-order valence-corrected chi connectivity index (χ3v) is 4.59. The average molecular weight is 407 g/mol. The van der Waals surface area contributed by atoms with Gasteiger partial charge in [-0.1, -0.05) is 50.9 Å². The van der Waals surface area contributed by atoms with E-state index in [4.69, 9.17) is 17.3 Å². The van der Waals surface area contributed by atoms with Gasteiger partial charge in [-0.3, -0.25) is 19.1 Å². The highest BCUT2D eigenvalue weighted by Crippen LogP contribution is 2.20. The Morgan fingerprint density at radius 3 is 2.46 bits per heavy atom. The Morgan fingerprint density at radius 2 is 1.89 bits per heavy atom. The van der Waals surface area contributed by atoms with E-state index in [1.807, 2.05) is 20.8 Å². The van der Waals surface area contributed by atoms with Crippen LogP contribution in [0.4, 0.5) is 11.5 Å². The molecule has 8 heteroatoms. The summed E-state index contributed by atoms with van der Waals surface area (Å²) in [5.41, 5.74) is 5.78. The second-order valence-corrected chi connectivity index (χ2v) is 7.64. The molecule has 1 amide bonds. The number of benzene rings is 1. The van der Waals surface area contributed by atoms with Gasteiger partial charge in [0.1, 0.15) is 5.82 Å². The number of H-pyrrole nitrogens is 1. The number of hydrogen-bond donors (Lipinski definition) is 2. The van der Waals surface area contributed by atoms with Crippen LogP contribution in [0.1, 0.15) is 39.2 Å². The second kappa shape index (κ2) is 9.59. The molecule has 0 atom stereocenters. The van der Waals surface area contributed by atoms with Crippen molar-refractivity contribution in [3.05, 3.63) is 55.7 Å². The molecule has 7 nitrogen and oxygen atoms in total. The van der Waals surface area contributed by atoms with Crippen LogP contribution in [0.5, 0.6) is 0 Å². The molecule has 0 aliphatic heterocycles. The number of rotatable bonds is 8. The fourth-order valence-corrected chi connectivity index (χ4v) is 3.06. The largest absolute Gasteiger partial charge is 0.383 e. The van der Waals surface area contributed by atoms with E-state index in [2.05, 4.69) is 4.98 Å². The highest BCUT2D eigenvalue weighted by atomic mass is 35.5. The van der Waals surface area contributed by atoms with Crippen molar-refractivity contribution >= 4 is 29.0 Å². The summed E-state index contributed by atoms with van der Waals surface area (Å²) in [7, 11) is 0. The first-order chi connectivity index (χ1) is 13.2. The first kappa shape index (κ1) is 21.8. The fourth-order valence-electron chi connectivity index (χ4n) is 2.93. The first-order valence-electron chi connectivity index (χ1n) is 9.42. The number of unbranched alkanes of at least 4 members (excludes halogenated alkanes) is 1. The van der Waals surface area contributed by atoms with E-state index in [0.29, 0.717) is 24.5 Å². The van der Waals surface area contributed by atoms with Crippen LogP contribution in [-0.2, 0) is 17.8 Å². The molecule has 1 aromatic carbocycles. The van der Waals surface area contributed by atoms with Crippen LogP contribution in [0.3, 0.4) is 0 Å². The van der Waals surface area contributed by atoms with Crippen LogP contribution in [-0.4, -0.2) is 22.0 Å². The van der Waals surface area contributed by atoms with E-state index in [1.54, 1.807) is 24.3 Å². The zero-order chi connectivity index (χ0) is 20.8. The molecule has 0 saturated heterocycles. The number of aromatic nitrogens is 2. The predicted octanol–water partition coefficient (Wildman–Crippen LogP) is 2.80. The van der Waals surface area contributed by atoms with Crippen molar-refractivity contribution in [1.29, 1.82) is 0 Å². The van der Waals surface area contributed by atoms with Gasteiger partial charge in [0.2, 0.25) is 5.91 Å². The van der Waals surface area contributed by atoms with E-state index >= 15 is 0 Å². The van der Waals surface area contributed by atoms with Crippen LogP contribution in [0.15, 0.2) is 33.9 Å². The molecule has 0 aliphatic carbocycles. The number of nitrogen functional groups attached to an aromatic ring is 1. The number of aromatic amines is 1. The van der Waals surface area contributed by atoms with Gasteiger partial charge in [0.25, 0.3) is 5.56 Å². The van der Waals surface area contributed by atoms with Crippen molar-refractivity contribution in [2.45, 2.75) is 46.6 Å². The minimum Gasteiger partial charge on any atom is -0.383 e. The molecule has 0 saturated carbocycles. The number of nitrogens with two attached hydrogens (primary N) is 1. The highest BCUT2D eigenvalue weighted by Gasteiger charge is 2.24. The normalized spacial score (nSPS) is 11.0. The Kier molecular flexibility index (Phi) is 7.45. The maximum absolute atomic E-state index is 13.0. The summed E-state index contributed by atoms with van der Waals surface area (Å²) >= 11 is 5.90. The van der Waals surface area contributed by atoms with Gasteiger partial charge in [0.15, 0.2) is 5.69 Å². The van der Waals surface area contributed by atoms with Gasteiger partial charge in [-0.05, 0) is 30.0 Å². The molecule has 0 fully saturated rings. The van der Waals surface area contributed by atoms with E-state index < -0.39 is 11.2 Å².